The number of hydrogen-bond acceptors (Lipinski definition) is 5. The van der Waals surface area contributed by atoms with Gasteiger partial charge in [0.05, 0.1) is 18.2 Å². The van der Waals surface area contributed by atoms with Gasteiger partial charge in [0.15, 0.2) is 11.5 Å². The highest BCUT2D eigenvalue weighted by molar-refractivity contribution is 5.47. The van der Waals surface area contributed by atoms with E-state index in [-0.39, 0.29) is 12.1 Å². The Balaban J connectivity index is 1.77. The van der Waals surface area contributed by atoms with Crippen LogP contribution in [0.5, 0.6) is 0 Å². The van der Waals surface area contributed by atoms with Crippen molar-refractivity contribution in [3.8, 4) is 6.07 Å². The van der Waals surface area contributed by atoms with E-state index in [0.717, 1.165) is 19.3 Å². The van der Waals surface area contributed by atoms with Crippen LogP contribution in [0.1, 0.15) is 25.0 Å². The van der Waals surface area contributed by atoms with Gasteiger partial charge in [-0.25, -0.2) is 9.97 Å². The summed E-state index contributed by atoms with van der Waals surface area (Å²) in [4.78, 5) is 8.12. The number of nitriles is 1. The molecular weight excluding hydrogens is 204 g/mol. The van der Waals surface area contributed by atoms with E-state index in [1.807, 2.05) is 6.07 Å². The van der Waals surface area contributed by atoms with Crippen LogP contribution >= 0.6 is 0 Å². The summed E-state index contributed by atoms with van der Waals surface area (Å²) >= 11 is 0. The predicted octanol–water partition coefficient (Wildman–Crippen LogP) is 1.08. The highest BCUT2D eigenvalue weighted by Gasteiger charge is 2.41. The van der Waals surface area contributed by atoms with Crippen LogP contribution in [0.15, 0.2) is 12.4 Å². The SMILES string of the molecule is N#Cc1nccnc1N[C@@H]1C[C@H]2CC[C@H]1O2. The molecule has 2 saturated heterocycles. The molecule has 2 fully saturated rings. The lowest BCUT2D eigenvalue weighted by Gasteiger charge is -2.20. The van der Waals surface area contributed by atoms with Gasteiger partial charge >= 0.3 is 0 Å². The molecule has 1 aromatic rings. The quantitative estimate of drug-likeness (QED) is 0.801. The van der Waals surface area contributed by atoms with E-state index in [1.54, 1.807) is 6.20 Å². The lowest BCUT2D eigenvalue weighted by Crippen LogP contribution is -2.31. The summed E-state index contributed by atoms with van der Waals surface area (Å²) in [6, 6.07) is 2.32. The molecule has 2 aliphatic rings. The number of nitrogens with zero attached hydrogens (tertiary/aromatic N) is 3. The second-order valence-electron chi connectivity index (χ2n) is 4.23. The maximum absolute atomic E-state index is 8.90. The Morgan fingerprint density at radius 2 is 2.25 bits per heavy atom. The standard InChI is InChI=1S/C11H12N4O/c12-6-9-11(14-4-3-13-9)15-8-5-7-1-2-10(8)16-7/h3-4,7-8,10H,1-2,5H2,(H,14,15)/t7-,8-,10-/m1/s1. The molecule has 0 aliphatic carbocycles. The van der Waals surface area contributed by atoms with Crippen LogP contribution in [0.4, 0.5) is 5.82 Å². The maximum Gasteiger partial charge on any atom is 0.182 e. The topological polar surface area (TPSA) is 70.8 Å². The van der Waals surface area contributed by atoms with Gasteiger partial charge in [-0.3, -0.25) is 0 Å². The summed E-state index contributed by atoms with van der Waals surface area (Å²) in [5.74, 6) is 0.575. The minimum atomic E-state index is 0.276. The predicted molar refractivity (Wildman–Crippen MR) is 56.7 cm³/mol. The van der Waals surface area contributed by atoms with E-state index in [0.29, 0.717) is 17.6 Å². The normalized spacial score (nSPS) is 31.3. The van der Waals surface area contributed by atoms with Gasteiger partial charge in [0, 0.05) is 12.4 Å². The molecule has 3 rings (SSSR count). The van der Waals surface area contributed by atoms with E-state index in [1.165, 1.54) is 6.20 Å². The molecule has 5 nitrogen and oxygen atoms in total. The maximum atomic E-state index is 8.90. The van der Waals surface area contributed by atoms with Crippen molar-refractivity contribution < 1.29 is 4.74 Å². The van der Waals surface area contributed by atoms with Crippen molar-refractivity contribution in [3.05, 3.63) is 18.1 Å². The zero-order chi connectivity index (χ0) is 11.0. The molecule has 2 bridgehead atoms. The zero-order valence-corrected chi connectivity index (χ0v) is 8.76. The van der Waals surface area contributed by atoms with E-state index in [4.69, 9.17) is 10.00 Å². The van der Waals surface area contributed by atoms with Crippen LogP contribution in [0.3, 0.4) is 0 Å². The van der Waals surface area contributed by atoms with Crippen LogP contribution in [0.2, 0.25) is 0 Å². The third-order valence-corrected chi connectivity index (χ3v) is 3.23. The smallest absolute Gasteiger partial charge is 0.182 e. The molecule has 2 aliphatic heterocycles. The average Bonchev–Trinajstić information content (AvgIpc) is 2.92. The Hall–Kier alpha value is -1.67. The zero-order valence-electron chi connectivity index (χ0n) is 8.76. The summed E-state index contributed by atoms with van der Waals surface area (Å²) in [6.07, 6.45) is 7.06. The van der Waals surface area contributed by atoms with Crippen molar-refractivity contribution >= 4 is 5.82 Å². The number of rotatable bonds is 2. The third-order valence-electron chi connectivity index (χ3n) is 3.23. The van der Waals surface area contributed by atoms with Crippen molar-refractivity contribution in [1.82, 2.24) is 9.97 Å². The van der Waals surface area contributed by atoms with Crippen LogP contribution in [0, 0.1) is 11.3 Å². The highest BCUT2D eigenvalue weighted by Crippen LogP contribution is 2.35. The molecule has 5 heteroatoms. The number of aromatic nitrogens is 2. The van der Waals surface area contributed by atoms with E-state index in [9.17, 15) is 0 Å². The molecule has 16 heavy (non-hydrogen) atoms. The molecule has 3 atom stereocenters. The summed E-state index contributed by atoms with van der Waals surface area (Å²) in [7, 11) is 0. The first-order chi connectivity index (χ1) is 7.86. The first kappa shape index (κ1) is 9.55. The van der Waals surface area contributed by atoms with Gasteiger partial charge in [0.2, 0.25) is 0 Å². The van der Waals surface area contributed by atoms with Crippen molar-refractivity contribution in [2.75, 3.05) is 5.32 Å². The van der Waals surface area contributed by atoms with E-state index >= 15 is 0 Å². The fraction of sp³-hybridized carbons (Fsp3) is 0.545. The molecule has 0 spiro atoms. The van der Waals surface area contributed by atoms with E-state index in [2.05, 4.69) is 15.3 Å². The van der Waals surface area contributed by atoms with Gasteiger partial charge in [0.25, 0.3) is 0 Å². The fourth-order valence-electron chi connectivity index (χ4n) is 2.49. The molecule has 0 radical (unpaired) electrons. The number of fused-ring (bicyclic) bond motifs is 2. The number of nitrogens with one attached hydrogen (secondary N) is 1. The molecule has 1 aromatic heterocycles. The fourth-order valence-corrected chi connectivity index (χ4v) is 2.49. The Morgan fingerprint density at radius 3 is 2.94 bits per heavy atom. The van der Waals surface area contributed by atoms with Gasteiger partial charge in [-0.15, -0.1) is 0 Å². The van der Waals surface area contributed by atoms with Crippen molar-refractivity contribution in [1.29, 1.82) is 5.26 Å². The summed E-state index contributed by atoms with van der Waals surface area (Å²) in [5.41, 5.74) is 0.352. The molecule has 0 aromatic carbocycles. The monoisotopic (exact) mass is 216 g/mol. The van der Waals surface area contributed by atoms with E-state index < -0.39 is 0 Å². The van der Waals surface area contributed by atoms with Crippen LogP contribution < -0.4 is 5.32 Å². The molecule has 1 N–H and O–H groups in total. The minimum absolute atomic E-state index is 0.276. The number of ether oxygens (including phenoxy) is 1. The van der Waals surface area contributed by atoms with Crippen LogP contribution in [-0.2, 0) is 4.74 Å². The first-order valence-electron chi connectivity index (χ1n) is 5.50. The Labute approximate surface area is 93.5 Å². The molecular formula is C11H12N4O. The summed E-state index contributed by atoms with van der Waals surface area (Å²) in [6.45, 7) is 0. The van der Waals surface area contributed by atoms with Gasteiger partial charge in [0.1, 0.15) is 6.07 Å². The van der Waals surface area contributed by atoms with Crippen LogP contribution in [0.25, 0.3) is 0 Å². The highest BCUT2D eigenvalue weighted by atomic mass is 16.5. The largest absolute Gasteiger partial charge is 0.373 e. The molecule has 3 heterocycles. The first-order valence-corrected chi connectivity index (χ1v) is 5.50. The van der Waals surface area contributed by atoms with Gasteiger partial charge in [-0.05, 0) is 19.3 Å². The van der Waals surface area contributed by atoms with Gasteiger partial charge < -0.3 is 10.1 Å². The van der Waals surface area contributed by atoms with Crippen molar-refractivity contribution in [2.45, 2.75) is 37.5 Å². The second kappa shape index (κ2) is 3.72. The Bertz CT molecular complexity index is 442. The number of hydrogen-bond donors (Lipinski definition) is 1. The lowest BCUT2D eigenvalue weighted by molar-refractivity contribution is 0.102. The van der Waals surface area contributed by atoms with Crippen molar-refractivity contribution in [3.63, 3.8) is 0 Å². The third kappa shape index (κ3) is 1.51. The minimum Gasteiger partial charge on any atom is -0.373 e. The second-order valence-corrected chi connectivity index (χ2v) is 4.23. The molecule has 0 amide bonds. The van der Waals surface area contributed by atoms with Crippen molar-refractivity contribution in [2.24, 2.45) is 0 Å². The number of anilines is 1. The summed E-state index contributed by atoms with van der Waals surface area (Å²) in [5, 5.41) is 12.2. The Morgan fingerprint density at radius 1 is 1.38 bits per heavy atom. The average molecular weight is 216 g/mol. The lowest BCUT2D eigenvalue weighted by atomic mass is 9.95. The summed E-state index contributed by atoms with van der Waals surface area (Å²) < 4.78 is 5.74. The van der Waals surface area contributed by atoms with Gasteiger partial charge in [-0.1, -0.05) is 0 Å². The van der Waals surface area contributed by atoms with Crippen LogP contribution in [-0.4, -0.2) is 28.2 Å². The molecule has 0 unspecified atom stereocenters. The van der Waals surface area contributed by atoms with Gasteiger partial charge in [-0.2, -0.15) is 5.26 Å². The molecule has 0 saturated carbocycles. The molecule has 82 valence electrons. The Kier molecular flexibility index (Phi) is 2.22.